The number of anilines is 1. The molecule has 1 atom stereocenters. The van der Waals surface area contributed by atoms with Crippen molar-refractivity contribution in [3.8, 4) is 5.75 Å². The van der Waals surface area contributed by atoms with E-state index < -0.39 is 5.41 Å². The third-order valence-electron chi connectivity index (χ3n) is 6.90. The maximum Gasteiger partial charge on any atom is 0.242 e. The van der Waals surface area contributed by atoms with E-state index in [1.165, 1.54) is 5.56 Å². The fraction of sp³-hybridized carbons (Fsp3) is 0.321. The zero-order valence-corrected chi connectivity index (χ0v) is 19.8. The van der Waals surface area contributed by atoms with Crippen molar-refractivity contribution in [1.29, 1.82) is 0 Å². The molecule has 0 unspecified atom stereocenters. The first kappa shape index (κ1) is 21.1. The third-order valence-corrected chi connectivity index (χ3v) is 7.14. The smallest absolute Gasteiger partial charge is 0.242 e. The van der Waals surface area contributed by atoms with E-state index in [4.69, 9.17) is 16.3 Å². The van der Waals surface area contributed by atoms with Gasteiger partial charge in [-0.1, -0.05) is 53.6 Å². The Morgan fingerprint density at radius 1 is 1.03 bits per heavy atom. The van der Waals surface area contributed by atoms with Crippen LogP contribution >= 0.6 is 11.6 Å². The summed E-state index contributed by atoms with van der Waals surface area (Å²) in [5.74, 6) is 0.996. The quantitative estimate of drug-likeness (QED) is 0.454. The molecule has 0 fully saturated rings. The molecule has 3 nitrogen and oxygen atoms in total. The van der Waals surface area contributed by atoms with Gasteiger partial charge in [-0.25, -0.2) is 0 Å². The van der Waals surface area contributed by atoms with Crippen LogP contribution in [0.4, 0.5) is 5.69 Å². The molecule has 3 aromatic carbocycles. The van der Waals surface area contributed by atoms with Crippen LogP contribution in [0.5, 0.6) is 5.75 Å². The number of carbonyl (C=O) groups excluding carboxylic acids is 1. The lowest BCUT2D eigenvalue weighted by Gasteiger charge is -2.34. The van der Waals surface area contributed by atoms with Crippen LogP contribution in [0.2, 0.25) is 5.02 Å². The van der Waals surface area contributed by atoms with Crippen molar-refractivity contribution in [2.75, 3.05) is 4.90 Å². The molecule has 0 saturated heterocycles. The molecule has 2 aliphatic rings. The molecule has 2 heterocycles. The molecular formula is C28H28ClNO2. The molecule has 0 bridgehead atoms. The number of halogens is 1. The first-order valence-corrected chi connectivity index (χ1v) is 11.6. The summed E-state index contributed by atoms with van der Waals surface area (Å²) in [6, 6.07) is 20.3. The summed E-state index contributed by atoms with van der Waals surface area (Å²) in [5, 5.41) is 0.642. The standard InChI is InChI=1S/C28H28ClNO2/c1-18-6-5-7-19(14-18)17-30-24-10-9-22(29)16-23(24)28(4,26(30)31)21-8-11-25-20(15-21)12-13-27(2,3)32-25/h5-11,14-16H,12-13,17H2,1-4H3/t28-/m0/s1. The lowest BCUT2D eigenvalue weighted by Crippen LogP contribution is -2.39. The van der Waals surface area contributed by atoms with Crippen molar-refractivity contribution in [3.63, 3.8) is 0 Å². The van der Waals surface area contributed by atoms with Gasteiger partial charge in [0, 0.05) is 10.7 Å². The van der Waals surface area contributed by atoms with Gasteiger partial charge in [0.25, 0.3) is 0 Å². The Labute approximate surface area is 195 Å². The van der Waals surface area contributed by atoms with E-state index in [1.807, 2.05) is 48.2 Å². The fourth-order valence-corrected chi connectivity index (χ4v) is 5.21. The predicted octanol–water partition coefficient (Wildman–Crippen LogP) is 6.60. The zero-order chi connectivity index (χ0) is 22.7. The maximum absolute atomic E-state index is 14.0. The number of aryl methyl sites for hydroxylation is 2. The number of rotatable bonds is 3. The van der Waals surface area contributed by atoms with Crippen molar-refractivity contribution in [2.24, 2.45) is 0 Å². The number of nitrogens with zero attached hydrogens (tertiary/aromatic N) is 1. The van der Waals surface area contributed by atoms with E-state index in [0.29, 0.717) is 11.6 Å². The SMILES string of the molecule is Cc1cccc(CN2C(=O)[C@@](C)(c3ccc4c(c3)CCC(C)(C)O4)c3cc(Cl)ccc32)c1. The van der Waals surface area contributed by atoms with E-state index in [0.717, 1.165) is 46.5 Å². The van der Waals surface area contributed by atoms with Crippen molar-refractivity contribution < 1.29 is 9.53 Å². The molecule has 3 aromatic rings. The maximum atomic E-state index is 14.0. The summed E-state index contributed by atoms with van der Waals surface area (Å²) < 4.78 is 6.18. The second-order valence-corrected chi connectivity index (χ2v) is 10.3. The number of hydrogen-bond donors (Lipinski definition) is 0. The number of hydrogen-bond acceptors (Lipinski definition) is 2. The molecule has 0 aromatic heterocycles. The molecule has 4 heteroatoms. The van der Waals surface area contributed by atoms with Crippen LogP contribution in [-0.4, -0.2) is 11.5 Å². The van der Waals surface area contributed by atoms with Gasteiger partial charge in [0.1, 0.15) is 11.4 Å². The van der Waals surface area contributed by atoms with E-state index >= 15 is 0 Å². The molecule has 0 radical (unpaired) electrons. The van der Waals surface area contributed by atoms with E-state index in [-0.39, 0.29) is 11.5 Å². The third kappa shape index (κ3) is 3.40. The van der Waals surface area contributed by atoms with E-state index in [1.54, 1.807) is 0 Å². The van der Waals surface area contributed by atoms with Gasteiger partial charge in [-0.3, -0.25) is 4.79 Å². The molecule has 0 saturated carbocycles. The Hall–Kier alpha value is -2.78. The van der Waals surface area contributed by atoms with Crippen molar-refractivity contribution in [2.45, 2.75) is 58.1 Å². The number of carbonyl (C=O) groups is 1. The molecule has 164 valence electrons. The van der Waals surface area contributed by atoms with E-state index in [9.17, 15) is 4.79 Å². The fourth-order valence-electron chi connectivity index (χ4n) is 5.04. The van der Waals surface area contributed by atoms with Crippen LogP contribution in [0.25, 0.3) is 0 Å². The largest absolute Gasteiger partial charge is 0.488 e. The van der Waals surface area contributed by atoms with Gasteiger partial charge in [0.2, 0.25) is 5.91 Å². The second kappa shape index (κ2) is 7.38. The Kier molecular flexibility index (Phi) is 4.86. The Bertz CT molecular complexity index is 1230. The minimum atomic E-state index is -0.800. The van der Waals surface area contributed by atoms with Crippen molar-refractivity contribution in [1.82, 2.24) is 0 Å². The molecule has 0 N–H and O–H groups in total. The number of amides is 1. The molecule has 1 amide bonds. The van der Waals surface area contributed by atoms with Gasteiger partial charge < -0.3 is 9.64 Å². The molecule has 32 heavy (non-hydrogen) atoms. The highest BCUT2D eigenvalue weighted by Crippen LogP contribution is 2.48. The summed E-state index contributed by atoms with van der Waals surface area (Å²) in [6.45, 7) is 8.87. The Balaban J connectivity index is 1.59. The normalized spacial score (nSPS) is 21.2. The van der Waals surface area contributed by atoms with Crippen LogP contribution in [0, 0.1) is 6.92 Å². The summed E-state index contributed by atoms with van der Waals surface area (Å²) >= 11 is 6.41. The van der Waals surface area contributed by atoms with Gasteiger partial charge in [-0.05, 0) is 87.1 Å². The minimum Gasteiger partial charge on any atom is -0.488 e. The summed E-state index contributed by atoms with van der Waals surface area (Å²) in [6.07, 6.45) is 1.89. The number of benzene rings is 3. The lowest BCUT2D eigenvalue weighted by molar-refractivity contribution is -0.121. The predicted molar refractivity (Wildman–Crippen MR) is 130 cm³/mol. The molecular weight excluding hydrogens is 418 g/mol. The summed E-state index contributed by atoms with van der Waals surface area (Å²) in [7, 11) is 0. The van der Waals surface area contributed by atoms with Gasteiger partial charge in [-0.2, -0.15) is 0 Å². The van der Waals surface area contributed by atoms with Crippen LogP contribution in [-0.2, 0) is 23.2 Å². The second-order valence-electron chi connectivity index (χ2n) is 9.85. The van der Waals surface area contributed by atoms with Crippen LogP contribution in [0.15, 0.2) is 60.7 Å². The number of fused-ring (bicyclic) bond motifs is 2. The average Bonchev–Trinajstić information content (AvgIpc) is 2.95. The van der Waals surface area contributed by atoms with Crippen molar-refractivity contribution in [3.05, 3.63) is 93.5 Å². The van der Waals surface area contributed by atoms with Gasteiger partial charge in [0.05, 0.1) is 12.0 Å². The molecule has 5 rings (SSSR count). The van der Waals surface area contributed by atoms with Crippen LogP contribution < -0.4 is 9.64 Å². The first-order valence-electron chi connectivity index (χ1n) is 11.2. The van der Waals surface area contributed by atoms with Crippen LogP contribution in [0.3, 0.4) is 0 Å². The Morgan fingerprint density at radius 2 is 1.84 bits per heavy atom. The Morgan fingerprint density at radius 3 is 2.62 bits per heavy atom. The zero-order valence-electron chi connectivity index (χ0n) is 19.0. The van der Waals surface area contributed by atoms with Gasteiger partial charge in [0.15, 0.2) is 0 Å². The molecule has 0 spiro atoms. The van der Waals surface area contributed by atoms with E-state index in [2.05, 4.69) is 45.0 Å². The summed E-state index contributed by atoms with van der Waals surface area (Å²) in [5.41, 5.74) is 5.38. The molecule has 2 aliphatic heterocycles. The lowest BCUT2D eigenvalue weighted by atomic mass is 9.76. The number of ether oxygens (including phenoxy) is 1. The van der Waals surface area contributed by atoms with Crippen LogP contribution in [0.1, 0.15) is 55.0 Å². The first-order chi connectivity index (χ1) is 15.2. The summed E-state index contributed by atoms with van der Waals surface area (Å²) in [4.78, 5) is 15.9. The highest BCUT2D eigenvalue weighted by Gasteiger charge is 2.49. The highest BCUT2D eigenvalue weighted by atomic mass is 35.5. The monoisotopic (exact) mass is 445 g/mol. The highest BCUT2D eigenvalue weighted by molar-refractivity contribution is 6.31. The van der Waals surface area contributed by atoms with Crippen molar-refractivity contribution >= 4 is 23.2 Å². The van der Waals surface area contributed by atoms with Gasteiger partial charge >= 0.3 is 0 Å². The minimum absolute atomic E-state index is 0.0771. The molecule has 0 aliphatic carbocycles. The average molecular weight is 446 g/mol. The van der Waals surface area contributed by atoms with Gasteiger partial charge in [-0.15, -0.1) is 0 Å². The topological polar surface area (TPSA) is 29.5 Å².